The summed E-state index contributed by atoms with van der Waals surface area (Å²) < 4.78 is 4.09. The monoisotopic (exact) mass is 240 g/mol. The standard InChI is InChI=1S/C11H20N4S/c1-9(2)15(11-13-8-14-16-11)7-10-4-3-5-12-6-10/h8-10,12H,3-7H2,1-2H3. The van der Waals surface area contributed by atoms with Crippen molar-refractivity contribution in [1.29, 1.82) is 0 Å². The van der Waals surface area contributed by atoms with Crippen molar-refractivity contribution < 1.29 is 0 Å². The molecule has 0 aliphatic carbocycles. The lowest BCUT2D eigenvalue weighted by Crippen LogP contribution is -2.41. The summed E-state index contributed by atoms with van der Waals surface area (Å²) in [6.45, 7) is 7.86. The molecular weight excluding hydrogens is 220 g/mol. The van der Waals surface area contributed by atoms with E-state index in [9.17, 15) is 0 Å². The van der Waals surface area contributed by atoms with Crippen LogP contribution in [0.15, 0.2) is 6.33 Å². The molecule has 5 heteroatoms. The van der Waals surface area contributed by atoms with Crippen LogP contribution in [0, 0.1) is 5.92 Å². The molecule has 90 valence electrons. The average molecular weight is 240 g/mol. The second-order valence-corrected chi connectivity index (χ2v) is 5.44. The van der Waals surface area contributed by atoms with Crippen LogP contribution in [0.4, 0.5) is 5.13 Å². The fraction of sp³-hybridized carbons (Fsp3) is 0.818. The molecule has 0 aromatic carbocycles. The second-order valence-electron chi connectivity index (χ2n) is 4.68. The molecule has 1 N–H and O–H groups in total. The van der Waals surface area contributed by atoms with Gasteiger partial charge < -0.3 is 10.2 Å². The Bertz CT molecular complexity index is 293. The van der Waals surface area contributed by atoms with Crippen LogP contribution >= 0.6 is 11.5 Å². The minimum Gasteiger partial charge on any atom is -0.344 e. The fourth-order valence-electron chi connectivity index (χ4n) is 2.16. The number of hydrogen-bond donors (Lipinski definition) is 1. The molecular formula is C11H20N4S. The number of anilines is 1. The number of hydrogen-bond acceptors (Lipinski definition) is 5. The molecule has 0 spiro atoms. The van der Waals surface area contributed by atoms with Gasteiger partial charge in [-0.25, -0.2) is 4.98 Å². The molecule has 0 saturated carbocycles. The maximum atomic E-state index is 4.32. The van der Waals surface area contributed by atoms with E-state index in [1.165, 1.54) is 30.9 Å². The van der Waals surface area contributed by atoms with Crippen LogP contribution in [0.3, 0.4) is 0 Å². The molecule has 1 saturated heterocycles. The Morgan fingerprint density at radius 2 is 2.50 bits per heavy atom. The van der Waals surface area contributed by atoms with Crippen LogP contribution < -0.4 is 10.2 Å². The van der Waals surface area contributed by atoms with Gasteiger partial charge in [-0.15, -0.1) is 0 Å². The largest absolute Gasteiger partial charge is 0.344 e. The van der Waals surface area contributed by atoms with Crippen molar-refractivity contribution in [2.24, 2.45) is 5.92 Å². The smallest absolute Gasteiger partial charge is 0.205 e. The highest BCUT2D eigenvalue weighted by Crippen LogP contribution is 2.21. The van der Waals surface area contributed by atoms with Gasteiger partial charge in [0.05, 0.1) is 0 Å². The van der Waals surface area contributed by atoms with E-state index < -0.39 is 0 Å². The molecule has 1 aromatic rings. The Kier molecular flexibility index (Phi) is 4.12. The Hall–Kier alpha value is -0.680. The van der Waals surface area contributed by atoms with Gasteiger partial charge in [-0.3, -0.25) is 0 Å². The summed E-state index contributed by atoms with van der Waals surface area (Å²) in [5.74, 6) is 0.750. The number of nitrogens with zero attached hydrogens (tertiary/aromatic N) is 3. The molecule has 1 aliphatic rings. The van der Waals surface area contributed by atoms with Crippen LogP contribution in [0.1, 0.15) is 26.7 Å². The van der Waals surface area contributed by atoms with Gasteiger partial charge in [0, 0.05) is 24.1 Å². The summed E-state index contributed by atoms with van der Waals surface area (Å²) in [5.41, 5.74) is 0. The first-order valence-corrected chi connectivity index (χ1v) is 6.78. The molecule has 4 nitrogen and oxygen atoms in total. The molecule has 2 heterocycles. The zero-order valence-electron chi connectivity index (χ0n) is 10.0. The fourth-order valence-corrected chi connectivity index (χ4v) is 2.83. The molecule has 1 unspecified atom stereocenters. The first kappa shape index (κ1) is 11.8. The number of rotatable bonds is 4. The molecule has 2 rings (SSSR count). The summed E-state index contributed by atoms with van der Waals surface area (Å²) in [7, 11) is 0. The maximum Gasteiger partial charge on any atom is 0.205 e. The first-order valence-electron chi connectivity index (χ1n) is 6.01. The summed E-state index contributed by atoms with van der Waals surface area (Å²) in [6, 6.07) is 0.495. The third-order valence-electron chi connectivity index (χ3n) is 3.07. The quantitative estimate of drug-likeness (QED) is 0.870. The van der Waals surface area contributed by atoms with Crippen molar-refractivity contribution >= 4 is 16.7 Å². The molecule has 1 aliphatic heterocycles. The highest BCUT2D eigenvalue weighted by atomic mass is 32.1. The van der Waals surface area contributed by atoms with E-state index in [4.69, 9.17) is 0 Å². The number of aromatic nitrogens is 2. The topological polar surface area (TPSA) is 41.0 Å². The van der Waals surface area contributed by atoms with Crippen molar-refractivity contribution in [1.82, 2.24) is 14.7 Å². The average Bonchev–Trinajstić information content (AvgIpc) is 2.80. The van der Waals surface area contributed by atoms with E-state index in [0.717, 1.165) is 24.1 Å². The molecule has 1 atom stereocenters. The summed E-state index contributed by atoms with van der Waals surface area (Å²) in [4.78, 5) is 6.69. The van der Waals surface area contributed by atoms with Crippen LogP contribution in [-0.2, 0) is 0 Å². The van der Waals surface area contributed by atoms with Crippen LogP contribution in [0.2, 0.25) is 0 Å². The van der Waals surface area contributed by atoms with Crippen molar-refractivity contribution in [2.75, 3.05) is 24.5 Å². The van der Waals surface area contributed by atoms with Gasteiger partial charge >= 0.3 is 0 Å². The lowest BCUT2D eigenvalue weighted by atomic mass is 9.99. The lowest BCUT2D eigenvalue weighted by Gasteiger charge is -2.32. The zero-order valence-corrected chi connectivity index (χ0v) is 10.8. The molecule has 0 bridgehead atoms. The number of piperidine rings is 1. The van der Waals surface area contributed by atoms with Gasteiger partial charge in [0.2, 0.25) is 5.13 Å². The lowest BCUT2D eigenvalue weighted by molar-refractivity contribution is 0.371. The molecule has 1 aromatic heterocycles. The van der Waals surface area contributed by atoms with Gasteiger partial charge in [-0.2, -0.15) is 4.37 Å². The van der Waals surface area contributed by atoms with Gasteiger partial charge in [0.1, 0.15) is 6.33 Å². The van der Waals surface area contributed by atoms with E-state index >= 15 is 0 Å². The van der Waals surface area contributed by atoms with E-state index in [0.29, 0.717) is 6.04 Å². The summed E-state index contributed by atoms with van der Waals surface area (Å²) in [5, 5.41) is 4.52. The molecule has 0 amide bonds. The number of nitrogens with one attached hydrogen (secondary N) is 1. The molecule has 0 radical (unpaired) electrons. The predicted molar refractivity (Wildman–Crippen MR) is 68.0 cm³/mol. The minimum atomic E-state index is 0.495. The van der Waals surface area contributed by atoms with Gasteiger partial charge in [-0.05, 0) is 45.7 Å². The van der Waals surface area contributed by atoms with E-state index in [1.54, 1.807) is 6.33 Å². The Morgan fingerprint density at radius 3 is 3.06 bits per heavy atom. The second kappa shape index (κ2) is 5.59. The third kappa shape index (κ3) is 2.92. The van der Waals surface area contributed by atoms with Gasteiger partial charge in [-0.1, -0.05) is 0 Å². The van der Waals surface area contributed by atoms with Gasteiger partial charge in [0.15, 0.2) is 0 Å². The van der Waals surface area contributed by atoms with E-state index in [1.807, 2.05) is 0 Å². The highest BCUT2D eigenvalue weighted by Gasteiger charge is 2.20. The van der Waals surface area contributed by atoms with Crippen LogP contribution in [0.25, 0.3) is 0 Å². The molecule has 1 fully saturated rings. The van der Waals surface area contributed by atoms with E-state index in [2.05, 4.69) is 33.4 Å². The van der Waals surface area contributed by atoms with Crippen molar-refractivity contribution in [2.45, 2.75) is 32.7 Å². The normalized spacial score (nSPS) is 21.3. The summed E-state index contributed by atoms with van der Waals surface area (Å²) in [6.07, 6.45) is 4.27. The maximum absolute atomic E-state index is 4.32. The summed E-state index contributed by atoms with van der Waals surface area (Å²) >= 11 is 1.49. The Balaban J connectivity index is 1.97. The minimum absolute atomic E-state index is 0.495. The predicted octanol–water partition coefficient (Wildman–Crippen LogP) is 1.75. The van der Waals surface area contributed by atoms with Crippen molar-refractivity contribution in [3.05, 3.63) is 6.33 Å². The molecule has 16 heavy (non-hydrogen) atoms. The third-order valence-corrected chi connectivity index (χ3v) is 3.78. The van der Waals surface area contributed by atoms with Crippen LogP contribution in [-0.4, -0.2) is 35.0 Å². The Labute approximate surface area is 101 Å². The first-order chi connectivity index (χ1) is 7.77. The zero-order chi connectivity index (χ0) is 11.4. The highest BCUT2D eigenvalue weighted by molar-refractivity contribution is 7.09. The van der Waals surface area contributed by atoms with E-state index in [-0.39, 0.29) is 0 Å². The van der Waals surface area contributed by atoms with Crippen LogP contribution in [0.5, 0.6) is 0 Å². The van der Waals surface area contributed by atoms with Crippen molar-refractivity contribution in [3.63, 3.8) is 0 Å². The SMILES string of the molecule is CC(C)N(CC1CCCNC1)c1ncns1. The Morgan fingerprint density at radius 1 is 1.62 bits per heavy atom. The van der Waals surface area contributed by atoms with Crippen molar-refractivity contribution in [3.8, 4) is 0 Å². The van der Waals surface area contributed by atoms with Gasteiger partial charge in [0.25, 0.3) is 0 Å².